The standard InChI is InChI=1S/C14H20ClNO/c1-3-8-16(9-7-15)14(17)11-13-6-4-5-12(2)10-13/h4-6,10H,3,7-9,11H2,1-2H3. The molecule has 0 atom stereocenters. The van der Waals surface area contributed by atoms with Crippen molar-refractivity contribution in [1.29, 1.82) is 0 Å². The number of hydrogen-bond donors (Lipinski definition) is 0. The Morgan fingerprint density at radius 2 is 2.12 bits per heavy atom. The summed E-state index contributed by atoms with van der Waals surface area (Å²) in [6.45, 7) is 5.54. The average Bonchev–Trinajstić information content (AvgIpc) is 2.28. The Morgan fingerprint density at radius 3 is 2.71 bits per heavy atom. The average molecular weight is 254 g/mol. The third-order valence-corrected chi connectivity index (χ3v) is 2.81. The molecule has 0 spiro atoms. The molecule has 0 heterocycles. The van der Waals surface area contributed by atoms with E-state index in [9.17, 15) is 4.79 Å². The minimum Gasteiger partial charge on any atom is -0.341 e. The molecule has 0 aromatic heterocycles. The van der Waals surface area contributed by atoms with Gasteiger partial charge >= 0.3 is 0 Å². The predicted molar refractivity (Wildman–Crippen MR) is 72.5 cm³/mol. The highest BCUT2D eigenvalue weighted by atomic mass is 35.5. The molecule has 2 nitrogen and oxygen atoms in total. The predicted octanol–water partition coefficient (Wildman–Crippen LogP) is 3.01. The third-order valence-electron chi connectivity index (χ3n) is 2.64. The molecule has 0 saturated carbocycles. The fourth-order valence-corrected chi connectivity index (χ4v) is 2.05. The Balaban J connectivity index is 2.62. The van der Waals surface area contributed by atoms with Gasteiger partial charge in [-0.15, -0.1) is 11.6 Å². The molecule has 1 aromatic carbocycles. The van der Waals surface area contributed by atoms with Gasteiger partial charge in [0.2, 0.25) is 5.91 Å². The second-order valence-corrected chi connectivity index (χ2v) is 4.61. The first-order valence-electron chi connectivity index (χ1n) is 6.06. The van der Waals surface area contributed by atoms with Crippen molar-refractivity contribution >= 4 is 17.5 Å². The number of hydrogen-bond acceptors (Lipinski definition) is 1. The maximum absolute atomic E-state index is 12.1. The van der Waals surface area contributed by atoms with Crippen molar-refractivity contribution in [2.24, 2.45) is 0 Å². The molecule has 17 heavy (non-hydrogen) atoms. The summed E-state index contributed by atoms with van der Waals surface area (Å²) < 4.78 is 0. The number of amides is 1. The highest BCUT2D eigenvalue weighted by Gasteiger charge is 2.12. The first-order valence-corrected chi connectivity index (χ1v) is 6.60. The Bertz CT molecular complexity index is 359. The number of benzene rings is 1. The molecule has 94 valence electrons. The van der Waals surface area contributed by atoms with Gasteiger partial charge in [-0.25, -0.2) is 0 Å². The first kappa shape index (κ1) is 14.0. The number of rotatable bonds is 6. The second kappa shape index (κ2) is 7.33. The maximum Gasteiger partial charge on any atom is 0.227 e. The molecule has 0 bridgehead atoms. The lowest BCUT2D eigenvalue weighted by molar-refractivity contribution is -0.130. The minimum atomic E-state index is 0.165. The van der Waals surface area contributed by atoms with Crippen LogP contribution < -0.4 is 0 Å². The molecule has 1 rings (SSSR count). The van der Waals surface area contributed by atoms with Gasteiger partial charge in [0, 0.05) is 19.0 Å². The van der Waals surface area contributed by atoms with Gasteiger partial charge in [0.15, 0.2) is 0 Å². The van der Waals surface area contributed by atoms with E-state index in [1.165, 1.54) is 5.56 Å². The zero-order valence-electron chi connectivity index (χ0n) is 10.6. The SMILES string of the molecule is CCCN(CCCl)C(=O)Cc1cccc(C)c1. The summed E-state index contributed by atoms with van der Waals surface area (Å²) in [7, 11) is 0. The van der Waals surface area contributed by atoms with Gasteiger partial charge < -0.3 is 4.90 Å². The van der Waals surface area contributed by atoms with E-state index in [1.807, 2.05) is 30.0 Å². The molecule has 0 aliphatic heterocycles. The molecule has 0 radical (unpaired) electrons. The highest BCUT2D eigenvalue weighted by molar-refractivity contribution is 6.18. The minimum absolute atomic E-state index is 0.165. The molecule has 0 aliphatic rings. The van der Waals surface area contributed by atoms with Gasteiger partial charge in [0.1, 0.15) is 0 Å². The van der Waals surface area contributed by atoms with Crippen LogP contribution in [0.5, 0.6) is 0 Å². The summed E-state index contributed by atoms with van der Waals surface area (Å²) in [5, 5.41) is 0. The summed E-state index contributed by atoms with van der Waals surface area (Å²) in [6.07, 6.45) is 1.44. The van der Waals surface area contributed by atoms with E-state index in [-0.39, 0.29) is 5.91 Å². The molecule has 0 N–H and O–H groups in total. The Morgan fingerprint density at radius 1 is 1.35 bits per heavy atom. The van der Waals surface area contributed by atoms with Gasteiger partial charge in [0.05, 0.1) is 6.42 Å². The molecular formula is C14H20ClNO. The normalized spacial score (nSPS) is 10.3. The van der Waals surface area contributed by atoms with Crippen LogP contribution in [0.4, 0.5) is 0 Å². The van der Waals surface area contributed by atoms with Crippen LogP contribution >= 0.6 is 11.6 Å². The van der Waals surface area contributed by atoms with Gasteiger partial charge in [-0.3, -0.25) is 4.79 Å². The van der Waals surface area contributed by atoms with Crippen molar-refractivity contribution in [1.82, 2.24) is 4.90 Å². The molecule has 1 aromatic rings. The number of halogens is 1. The van der Waals surface area contributed by atoms with Crippen LogP contribution in [0.15, 0.2) is 24.3 Å². The number of aryl methyl sites for hydroxylation is 1. The van der Waals surface area contributed by atoms with E-state index in [0.717, 1.165) is 18.5 Å². The van der Waals surface area contributed by atoms with Crippen molar-refractivity contribution in [3.63, 3.8) is 0 Å². The molecule has 0 unspecified atom stereocenters. The van der Waals surface area contributed by atoms with E-state index in [2.05, 4.69) is 13.0 Å². The van der Waals surface area contributed by atoms with Crippen molar-refractivity contribution in [2.45, 2.75) is 26.7 Å². The Hall–Kier alpha value is -1.02. The van der Waals surface area contributed by atoms with E-state index < -0.39 is 0 Å². The third kappa shape index (κ3) is 4.78. The van der Waals surface area contributed by atoms with Crippen molar-refractivity contribution < 1.29 is 4.79 Å². The molecular weight excluding hydrogens is 234 g/mol. The van der Waals surface area contributed by atoms with E-state index in [0.29, 0.717) is 18.8 Å². The highest BCUT2D eigenvalue weighted by Crippen LogP contribution is 2.07. The number of carbonyl (C=O) groups is 1. The van der Waals surface area contributed by atoms with Gasteiger partial charge in [-0.05, 0) is 18.9 Å². The largest absolute Gasteiger partial charge is 0.341 e. The van der Waals surface area contributed by atoms with Crippen molar-refractivity contribution in [2.75, 3.05) is 19.0 Å². The zero-order chi connectivity index (χ0) is 12.7. The summed E-state index contributed by atoms with van der Waals surface area (Å²) in [5.41, 5.74) is 2.26. The maximum atomic E-state index is 12.1. The summed E-state index contributed by atoms with van der Waals surface area (Å²) in [6, 6.07) is 8.08. The van der Waals surface area contributed by atoms with Crippen molar-refractivity contribution in [3.8, 4) is 0 Å². The topological polar surface area (TPSA) is 20.3 Å². The van der Waals surface area contributed by atoms with Crippen LogP contribution in [0.3, 0.4) is 0 Å². The summed E-state index contributed by atoms with van der Waals surface area (Å²) in [4.78, 5) is 13.9. The second-order valence-electron chi connectivity index (χ2n) is 4.24. The molecule has 0 aliphatic carbocycles. The van der Waals surface area contributed by atoms with Gasteiger partial charge in [0.25, 0.3) is 0 Å². The lowest BCUT2D eigenvalue weighted by atomic mass is 10.1. The lowest BCUT2D eigenvalue weighted by Crippen LogP contribution is -2.34. The monoisotopic (exact) mass is 253 g/mol. The van der Waals surface area contributed by atoms with E-state index in [1.54, 1.807) is 0 Å². The molecule has 1 amide bonds. The van der Waals surface area contributed by atoms with E-state index in [4.69, 9.17) is 11.6 Å². The van der Waals surface area contributed by atoms with Gasteiger partial charge in [-0.1, -0.05) is 36.8 Å². The Labute approximate surface area is 109 Å². The molecule has 0 fully saturated rings. The van der Waals surface area contributed by atoms with Crippen LogP contribution in [-0.2, 0) is 11.2 Å². The smallest absolute Gasteiger partial charge is 0.227 e. The Kier molecular flexibility index (Phi) is 6.06. The molecule has 3 heteroatoms. The summed E-state index contributed by atoms with van der Waals surface area (Å²) in [5.74, 6) is 0.664. The fourth-order valence-electron chi connectivity index (χ4n) is 1.84. The van der Waals surface area contributed by atoms with E-state index >= 15 is 0 Å². The first-order chi connectivity index (χ1) is 8.17. The zero-order valence-corrected chi connectivity index (χ0v) is 11.3. The number of carbonyl (C=O) groups excluding carboxylic acids is 1. The van der Waals surface area contributed by atoms with Crippen LogP contribution in [-0.4, -0.2) is 29.8 Å². The van der Waals surface area contributed by atoms with Crippen LogP contribution in [0.1, 0.15) is 24.5 Å². The quantitative estimate of drug-likeness (QED) is 0.714. The lowest BCUT2D eigenvalue weighted by Gasteiger charge is -2.21. The van der Waals surface area contributed by atoms with Gasteiger partial charge in [-0.2, -0.15) is 0 Å². The van der Waals surface area contributed by atoms with Crippen LogP contribution in [0.25, 0.3) is 0 Å². The fraction of sp³-hybridized carbons (Fsp3) is 0.500. The van der Waals surface area contributed by atoms with Crippen LogP contribution in [0, 0.1) is 6.92 Å². The number of alkyl halides is 1. The number of nitrogens with zero attached hydrogens (tertiary/aromatic N) is 1. The molecule has 0 saturated heterocycles. The van der Waals surface area contributed by atoms with Crippen molar-refractivity contribution in [3.05, 3.63) is 35.4 Å². The van der Waals surface area contributed by atoms with Crippen LogP contribution in [0.2, 0.25) is 0 Å². The summed E-state index contributed by atoms with van der Waals surface area (Å²) >= 11 is 5.71.